The van der Waals surface area contributed by atoms with E-state index in [-0.39, 0.29) is 46.3 Å². The van der Waals surface area contributed by atoms with Crippen LogP contribution in [0.15, 0.2) is 102 Å². The monoisotopic (exact) mass is 727 g/mol. The maximum Gasteiger partial charge on any atom is 0.264 e. The molecule has 0 spiro atoms. The van der Waals surface area contributed by atoms with Crippen LogP contribution in [-0.4, -0.2) is 50.9 Å². The average molecular weight is 729 g/mol. The SMILES string of the molecule is COc1ccc(Cl)cc1N(CC(=O)N(Cc1c(Cl)cccc1Cl)C(Cc1ccccc1)C(=O)NC1CCCC1)S(=O)(=O)c1ccccc1. The van der Waals surface area contributed by atoms with E-state index in [1.54, 1.807) is 42.5 Å². The van der Waals surface area contributed by atoms with Gasteiger partial charge in [0.15, 0.2) is 0 Å². The Balaban J connectivity index is 1.63. The fraction of sp³-hybridized carbons (Fsp3) is 0.278. The summed E-state index contributed by atoms with van der Waals surface area (Å²) < 4.78 is 35.1. The Bertz CT molecular complexity index is 1820. The van der Waals surface area contributed by atoms with Gasteiger partial charge in [-0.05, 0) is 60.9 Å². The van der Waals surface area contributed by atoms with Gasteiger partial charge in [0.05, 0.1) is 17.7 Å². The van der Waals surface area contributed by atoms with Gasteiger partial charge < -0.3 is 15.0 Å². The minimum Gasteiger partial charge on any atom is -0.495 e. The molecule has 5 rings (SSSR count). The Morgan fingerprint density at radius 1 is 0.875 bits per heavy atom. The number of methoxy groups -OCH3 is 1. The number of benzene rings is 4. The molecular weight excluding hydrogens is 693 g/mol. The van der Waals surface area contributed by atoms with E-state index < -0.39 is 28.5 Å². The Labute approximate surface area is 296 Å². The summed E-state index contributed by atoms with van der Waals surface area (Å²) in [4.78, 5) is 30.3. The molecule has 4 aromatic carbocycles. The molecule has 8 nitrogen and oxygen atoms in total. The molecule has 0 bridgehead atoms. The van der Waals surface area contributed by atoms with E-state index in [0.29, 0.717) is 15.6 Å². The van der Waals surface area contributed by atoms with Crippen molar-refractivity contribution in [2.24, 2.45) is 0 Å². The quantitative estimate of drug-likeness (QED) is 0.154. The number of hydrogen-bond donors (Lipinski definition) is 1. The summed E-state index contributed by atoms with van der Waals surface area (Å²) in [6.07, 6.45) is 3.84. The molecule has 48 heavy (non-hydrogen) atoms. The summed E-state index contributed by atoms with van der Waals surface area (Å²) >= 11 is 19.6. The molecule has 0 aromatic heterocycles. The zero-order chi connectivity index (χ0) is 34.3. The van der Waals surface area contributed by atoms with Crippen LogP contribution in [0.2, 0.25) is 15.1 Å². The highest BCUT2D eigenvalue weighted by Gasteiger charge is 2.37. The minimum absolute atomic E-state index is 0.0256. The number of hydrogen-bond acceptors (Lipinski definition) is 5. The largest absolute Gasteiger partial charge is 0.495 e. The predicted octanol–water partition coefficient (Wildman–Crippen LogP) is 7.55. The molecule has 252 valence electrons. The van der Waals surface area contributed by atoms with Gasteiger partial charge in [-0.3, -0.25) is 13.9 Å². The number of carbonyl (C=O) groups is 2. The first-order valence-electron chi connectivity index (χ1n) is 15.6. The molecule has 1 atom stereocenters. The van der Waals surface area contributed by atoms with Gasteiger partial charge in [-0.1, -0.05) is 102 Å². The first kappa shape index (κ1) is 35.5. The van der Waals surface area contributed by atoms with Crippen LogP contribution >= 0.6 is 34.8 Å². The van der Waals surface area contributed by atoms with Crippen LogP contribution < -0.4 is 14.4 Å². The van der Waals surface area contributed by atoms with Crippen LogP contribution in [0.5, 0.6) is 5.75 Å². The fourth-order valence-corrected chi connectivity index (χ4v) is 7.99. The lowest BCUT2D eigenvalue weighted by molar-refractivity contribution is -0.140. The first-order valence-corrected chi connectivity index (χ1v) is 18.1. The zero-order valence-corrected chi connectivity index (χ0v) is 29.4. The fourth-order valence-electron chi connectivity index (χ4n) is 5.87. The summed E-state index contributed by atoms with van der Waals surface area (Å²) in [6.45, 7) is -0.836. The molecule has 0 aliphatic heterocycles. The van der Waals surface area contributed by atoms with Gasteiger partial charge in [0.2, 0.25) is 11.8 Å². The molecule has 0 radical (unpaired) electrons. The molecule has 1 aliphatic carbocycles. The molecular formula is C36H36Cl3N3O5S. The van der Waals surface area contributed by atoms with E-state index in [4.69, 9.17) is 39.5 Å². The van der Waals surface area contributed by atoms with E-state index in [2.05, 4.69) is 5.32 Å². The van der Waals surface area contributed by atoms with Crippen molar-refractivity contribution in [1.29, 1.82) is 0 Å². The second-order valence-electron chi connectivity index (χ2n) is 11.6. The standard InChI is InChI=1S/C36H36Cl3N3O5S/c1-47-34-20-19-26(37)22-32(34)42(48(45,46)28-15-6-3-7-16-28)24-35(43)41(23-29-30(38)17-10-18-31(29)39)33(21-25-11-4-2-5-12-25)36(44)40-27-13-8-9-14-27/h2-7,10-12,15-20,22,27,33H,8-9,13-14,21,23-24H2,1H3,(H,40,44). The van der Waals surface area contributed by atoms with E-state index in [0.717, 1.165) is 35.6 Å². The maximum absolute atomic E-state index is 14.8. The Morgan fingerprint density at radius 3 is 2.12 bits per heavy atom. The van der Waals surface area contributed by atoms with Crippen molar-refractivity contribution in [3.63, 3.8) is 0 Å². The van der Waals surface area contributed by atoms with Crippen LogP contribution in [0.1, 0.15) is 36.8 Å². The second kappa shape index (κ2) is 16.1. The molecule has 4 aromatic rings. The van der Waals surface area contributed by atoms with Gasteiger partial charge in [-0.15, -0.1) is 0 Å². The smallest absolute Gasteiger partial charge is 0.264 e. The van der Waals surface area contributed by atoms with Crippen LogP contribution in [0, 0.1) is 0 Å². The number of anilines is 1. The van der Waals surface area contributed by atoms with Crippen LogP contribution in [-0.2, 0) is 32.6 Å². The van der Waals surface area contributed by atoms with Crippen molar-refractivity contribution < 1.29 is 22.7 Å². The summed E-state index contributed by atoms with van der Waals surface area (Å²) in [7, 11) is -2.95. The zero-order valence-electron chi connectivity index (χ0n) is 26.3. The number of halogens is 3. The Kier molecular flexibility index (Phi) is 11.9. The van der Waals surface area contributed by atoms with E-state index >= 15 is 0 Å². The van der Waals surface area contributed by atoms with Crippen LogP contribution in [0.25, 0.3) is 0 Å². The lowest BCUT2D eigenvalue weighted by atomic mass is 10.0. The van der Waals surface area contributed by atoms with Crippen molar-refractivity contribution in [3.8, 4) is 5.75 Å². The summed E-state index contributed by atoms with van der Waals surface area (Å²) in [5.74, 6) is -0.817. The molecule has 1 unspecified atom stereocenters. The predicted molar refractivity (Wildman–Crippen MR) is 190 cm³/mol. The highest BCUT2D eigenvalue weighted by atomic mass is 35.5. The number of carbonyl (C=O) groups excluding carboxylic acids is 2. The van der Waals surface area contributed by atoms with Gasteiger partial charge in [0, 0.05) is 39.6 Å². The Morgan fingerprint density at radius 2 is 1.50 bits per heavy atom. The number of nitrogens with zero attached hydrogens (tertiary/aromatic N) is 2. The van der Waals surface area contributed by atoms with E-state index in [1.807, 2.05) is 30.3 Å². The molecule has 12 heteroatoms. The number of ether oxygens (including phenoxy) is 1. The summed E-state index contributed by atoms with van der Waals surface area (Å²) in [5.41, 5.74) is 1.31. The number of sulfonamides is 1. The maximum atomic E-state index is 14.8. The van der Waals surface area contributed by atoms with E-state index in [9.17, 15) is 18.0 Å². The van der Waals surface area contributed by atoms with E-state index in [1.165, 1.54) is 36.3 Å². The van der Waals surface area contributed by atoms with Gasteiger partial charge in [0.1, 0.15) is 18.3 Å². The lowest BCUT2D eigenvalue weighted by Crippen LogP contribution is -2.54. The summed E-state index contributed by atoms with van der Waals surface area (Å²) in [6, 6.07) is 25.6. The lowest BCUT2D eigenvalue weighted by Gasteiger charge is -2.35. The van der Waals surface area contributed by atoms with Crippen molar-refractivity contribution >= 4 is 62.3 Å². The minimum atomic E-state index is -4.35. The average Bonchev–Trinajstić information content (AvgIpc) is 3.60. The van der Waals surface area contributed by atoms with Crippen molar-refractivity contribution in [1.82, 2.24) is 10.2 Å². The topological polar surface area (TPSA) is 96.0 Å². The van der Waals surface area contributed by atoms with Gasteiger partial charge in [-0.25, -0.2) is 8.42 Å². The third-order valence-corrected chi connectivity index (χ3v) is 11.1. The second-order valence-corrected chi connectivity index (χ2v) is 14.7. The highest BCUT2D eigenvalue weighted by Crippen LogP contribution is 2.35. The normalized spacial score (nSPS) is 13.9. The third kappa shape index (κ3) is 8.44. The molecule has 1 saturated carbocycles. The molecule has 1 aliphatic rings. The van der Waals surface area contributed by atoms with Crippen LogP contribution in [0.3, 0.4) is 0 Å². The highest BCUT2D eigenvalue weighted by molar-refractivity contribution is 7.92. The molecule has 1 fully saturated rings. The molecule has 0 saturated heterocycles. The van der Waals surface area contributed by atoms with Crippen LogP contribution in [0.4, 0.5) is 5.69 Å². The number of rotatable bonds is 13. The molecule has 2 amide bonds. The molecule has 0 heterocycles. The third-order valence-electron chi connectivity index (χ3n) is 8.38. The van der Waals surface area contributed by atoms with Crippen molar-refractivity contribution in [2.75, 3.05) is 18.0 Å². The van der Waals surface area contributed by atoms with Gasteiger partial charge in [0.25, 0.3) is 10.0 Å². The van der Waals surface area contributed by atoms with Crippen molar-refractivity contribution in [2.45, 2.75) is 55.6 Å². The van der Waals surface area contributed by atoms with Crippen molar-refractivity contribution in [3.05, 3.63) is 123 Å². The first-order chi connectivity index (χ1) is 23.1. The number of amides is 2. The number of nitrogens with one attached hydrogen (secondary N) is 1. The summed E-state index contributed by atoms with van der Waals surface area (Å²) in [5, 5.41) is 4.00. The molecule has 1 N–H and O–H groups in total. The Hall–Kier alpha value is -3.76. The van der Waals surface area contributed by atoms with Gasteiger partial charge >= 0.3 is 0 Å². The van der Waals surface area contributed by atoms with Gasteiger partial charge in [-0.2, -0.15) is 0 Å².